The molecule has 0 saturated heterocycles. The van der Waals surface area contributed by atoms with Gasteiger partial charge in [0, 0.05) is 30.2 Å². The molecular formula is C20H18F3N7O. The number of amides is 1. The number of carbonyl (C=O) groups is 1. The van der Waals surface area contributed by atoms with E-state index in [2.05, 4.69) is 25.5 Å². The van der Waals surface area contributed by atoms with Crippen molar-refractivity contribution in [3.63, 3.8) is 0 Å². The Kier molecular flexibility index (Phi) is 5.17. The number of aromatic nitrogens is 6. The summed E-state index contributed by atoms with van der Waals surface area (Å²) < 4.78 is 41.5. The molecule has 4 rings (SSSR count). The van der Waals surface area contributed by atoms with Crippen molar-refractivity contribution < 1.29 is 18.0 Å². The summed E-state index contributed by atoms with van der Waals surface area (Å²) in [6, 6.07) is 9.03. The zero-order chi connectivity index (χ0) is 22.2. The maximum Gasteiger partial charge on any atom is 0.453 e. The number of carbonyl (C=O) groups excluding carboxylic acids is 1. The van der Waals surface area contributed by atoms with Gasteiger partial charge in [-0.2, -0.15) is 23.3 Å². The Morgan fingerprint density at radius 1 is 1.13 bits per heavy atom. The van der Waals surface area contributed by atoms with Crippen LogP contribution in [0, 0.1) is 13.8 Å². The van der Waals surface area contributed by atoms with Crippen molar-refractivity contribution in [3.05, 3.63) is 65.5 Å². The number of aryl methyl sites for hydroxylation is 2. The molecule has 0 saturated carbocycles. The Labute approximate surface area is 174 Å². The summed E-state index contributed by atoms with van der Waals surface area (Å²) in [6.07, 6.45) is -0.843. The molecule has 0 spiro atoms. The molecule has 1 amide bonds. The number of anilines is 1. The van der Waals surface area contributed by atoms with E-state index in [0.29, 0.717) is 22.6 Å². The second-order valence-electron chi connectivity index (χ2n) is 6.92. The van der Waals surface area contributed by atoms with Gasteiger partial charge in [-0.1, -0.05) is 12.1 Å². The van der Waals surface area contributed by atoms with Gasteiger partial charge in [-0.05, 0) is 44.0 Å². The van der Waals surface area contributed by atoms with Crippen molar-refractivity contribution in [1.29, 1.82) is 0 Å². The van der Waals surface area contributed by atoms with Crippen LogP contribution >= 0.6 is 0 Å². The summed E-state index contributed by atoms with van der Waals surface area (Å²) >= 11 is 0. The van der Waals surface area contributed by atoms with Gasteiger partial charge < -0.3 is 5.32 Å². The van der Waals surface area contributed by atoms with E-state index in [9.17, 15) is 18.0 Å². The fourth-order valence-electron chi connectivity index (χ4n) is 3.33. The van der Waals surface area contributed by atoms with Crippen LogP contribution < -0.4 is 5.32 Å². The van der Waals surface area contributed by atoms with Crippen LogP contribution in [0.25, 0.3) is 11.5 Å². The monoisotopic (exact) mass is 429 g/mol. The van der Waals surface area contributed by atoms with Gasteiger partial charge in [0.1, 0.15) is 0 Å². The van der Waals surface area contributed by atoms with Crippen LogP contribution in [0.2, 0.25) is 0 Å². The summed E-state index contributed by atoms with van der Waals surface area (Å²) in [5, 5.41) is 10.6. The second-order valence-corrected chi connectivity index (χ2v) is 6.92. The van der Waals surface area contributed by atoms with E-state index in [1.807, 2.05) is 12.1 Å². The van der Waals surface area contributed by atoms with Crippen molar-refractivity contribution >= 4 is 17.4 Å². The highest BCUT2D eigenvalue weighted by molar-refractivity contribution is 5.92. The standard InChI is InChI=1S/C20H18F3N7O/c1-12-14(13(2)30-19(25-12)27-18(28-30)20(21,22)23)8-9-17(31)26-15-6-3-4-7-16(15)29-11-5-10-24-29/h3-7,10-11H,8-9H2,1-2H3,(H,26,31). The van der Waals surface area contributed by atoms with Gasteiger partial charge in [-0.3, -0.25) is 4.79 Å². The molecular weight excluding hydrogens is 411 g/mol. The lowest BCUT2D eigenvalue weighted by atomic mass is 10.1. The van der Waals surface area contributed by atoms with E-state index < -0.39 is 12.0 Å². The number of fused-ring (bicyclic) bond motifs is 1. The molecule has 1 N–H and O–H groups in total. The molecule has 1 aromatic carbocycles. The van der Waals surface area contributed by atoms with Crippen LogP contribution in [-0.2, 0) is 17.4 Å². The van der Waals surface area contributed by atoms with Crippen molar-refractivity contribution in [2.45, 2.75) is 32.9 Å². The average Bonchev–Trinajstić information content (AvgIpc) is 3.38. The van der Waals surface area contributed by atoms with E-state index in [1.165, 1.54) is 0 Å². The minimum Gasteiger partial charge on any atom is -0.324 e. The largest absolute Gasteiger partial charge is 0.453 e. The van der Waals surface area contributed by atoms with E-state index in [4.69, 9.17) is 0 Å². The van der Waals surface area contributed by atoms with Gasteiger partial charge in [0.15, 0.2) is 0 Å². The highest BCUT2D eigenvalue weighted by atomic mass is 19.4. The normalized spacial score (nSPS) is 11.8. The number of para-hydroxylation sites is 2. The zero-order valence-corrected chi connectivity index (χ0v) is 16.7. The first kappa shape index (κ1) is 20.5. The van der Waals surface area contributed by atoms with Gasteiger partial charge in [-0.15, -0.1) is 5.10 Å². The molecule has 0 aliphatic heterocycles. The lowest BCUT2D eigenvalue weighted by molar-refractivity contribution is -0.144. The summed E-state index contributed by atoms with van der Waals surface area (Å²) in [4.78, 5) is 20.2. The quantitative estimate of drug-likeness (QED) is 0.524. The molecule has 0 fully saturated rings. The Morgan fingerprint density at radius 3 is 2.61 bits per heavy atom. The van der Waals surface area contributed by atoms with Crippen molar-refractivity contribution in [2.24, 2.45) is 0 Å². The van der Waals surface area contributed by atoms with E-state index >= 15 is 0 Å². The van der Waals surface area contributed by atoms with E-state index in [-0.39, 0.29) is 24.5 Å². The molecule has 4 aromatic rings. The summed E-state index contributed by atoms with van der Waals surface area (Å²) in [7, 11) is 0. The molecule has 0 aliphatic carbocycles. The number of nitrogens with zero attached hydrogens (tertiary/aromatic N) is 6. The average molecular weight is 429 g/mol. The van der Waals surface area contributed by atoms with Gasteiger partial charge >= 0.3 is 6.18 Å². The third kappa shape index (κ3) is 4.11. The third-order valence-corrected chi connectivity index (χ3v) is 4.83. The van der Waals surface area contributed by atoms with Gasteiger partial charge in [0.25, 0.3) is 11.6 Å². The predicted octanol–water partition coefficient (Wildman–Crippen LogP) is 3.52. The maximum atomic E-state index is 12.9. The molecule has 3 aromatic heterocycles. The highest BCUT2D eigenvalue weighted by Crippen LogP contribution is 2.27. The fourth-order valence-corrected chi connectivity index (χ4v) is 3.33. The molecule has 160 valence electrons. The minimum absolute atomic E-state index is 0.114. The lowest BCUT2D eigenvalue weighted by Crippen LogP contribution is -2.16. The molecule has 31 heavy (non-hydrogen) atoms. The number of alkyl halides is 3. The Morgan fingerprint density at radius 2 is 1.90 bits per heavy atom. The first-order valence-corrected chi connectivity index (χ1v) is 9.43. The number of hydrogen-bond donors (Lipinski definition) is 1. The van der Waals surface area contributed by atoms with Crippen molar-refractivity contribution in [2.75, 3.05) is 5.32 Å². The number of hydrogen-bond acceptors (Lipinski definition) is 5. The van der Waals surface area contributed by atoms with Crippen molar-refractivity contribution in [3.8, 4) is 5.69 Å². The number of halogens is 3. The zero-order valence-electron chi connectivity index (χ0n) is 16.7. The summed E-state index contributed by atoms with van der Waals surface area (Å²) in [5.41, 5.74) is 2.95. The van der Waals surface area contributed by atoms with Crippen LogP contribution in [0.4, 0.5) is 18.9 Å². The predicted molar refractivity (Wildman–Crippen MR) is 106 cm³/mol. The van der Waals surface area contributed by atoms with Gasteiger partial charge in [-0.25, -0.2) is 14.2 Å². The van der Waals surface area contributed by atoms with E-state index in [1.54, 1.807) is 49.1 Å². The number of rotatable bonds is 5. The summed E-state index contributed by atoms with van der Waals surface area (Å²) in [5.74, 6) is -1.61. The van der Waals surface area contributed by atoms with Crippen LogP contribution in [0.3, 0.4) is 0 Å². The molecule has 0 radical (unpaired) electrons. The molecule has 3 heterocycles. The number of benzene rings is 1. The topological polar surface area (TPSA) is 90.0 Å². The lowest BCUT2D eigenvalue weighted by Gasteiger charge is -2.12. The Bertz CT molecular complexity index is 1250. The van der Waals surface area contributed by atoms with E-state index in [0.717, 1.165) is 10.2 Å². The molecule has 0 bridgehead atoms. The van der Waals surface area contributed by atoms with Crippen LogP contribution in [0.5, 0.6) is 0 Å². The number of nitrogens with one attached hydrogen (secondary N) is 1. The summed E-state index contributed by atoms with van der Waals surface area (Å²) in [6.45, 7) is 3.31. The molecule has 0 unspecified atom stereocenters. The minimum atomic E-state index is -4.66. The first-order valence-electron chi connectivity index (χ1n) is 9.43. The van der Waals surface area contributed by atoms with Crippen LogP contribution in [0.15, 0.2) is 42.7 Å². The molecule has 11 heteroatoms. The SMILES string of the molecule is Cc1nc2nc(C(F)(F)F)nn2c(C)c1CCC(=O)Nc1ccccc1-n1cccn1. The fraction of sp³-hybridized carbons (Fsp3) is 0.250. The molecule has 0 atom stereocenters. The second kappa shape index (κ2) is 7.82. The highest BCUT2D eigenvalue weighted by Gasteiger charge is 2.37. The smallest absolute Gasteiger partial charge is 0.324 e. The molecule has 0 aliphatic rings. The van der Waals surface area contributed by atoms with Crippen LogP contribution in [-0.4, -0.2) is 35.3 Å². The van der Waals surface area contributed by atoms with Crippen molar-refractivity contribution in [1.82, 2.24) is 29.4 Å². The third-order valence-electron chi connectivity index (χ3n) is 4.83. The first-order chi connectivity index (χ1) is 14.7. The molecule has 8 nitrogen and oxygen atoms in total. The van der Waals surface area contributed by atoms with Crippen LogP contribution in [0.1, 0.15) is 29.2 Å². The maximum absolute atomic E-state index is 12.9. The Balaban J connectivity index is 1.53. The Hall–Kier alpha value is -3.76. The van der Waals surface area contributed by atoms with Gasteiger partial charge in [0.2, 0.25) is 5.91 Å². The van der Waals surface area contributed by atoms with Gasteiger partial charge in [0.05, 0.1) is 11.4 Å².